The summed E-state index contributed by atoms with van der Waals surface area (Å²) in [5.41, 5.74) is 6.21. The van der Waals surface area contributed by atoms with Crippen molar-refractivity contribution in [2.24, 2.45) is 0 Å². The molecular formula is C15H11FN2O3. The Labute approximate surface area is 120 Å². The van der Waals surface area contributed by atoms with Gasteiger partial charge in [-0.1, -0.05) is 0 Å². The number of ether oxygens (including phenoxy) is 2. The monoisotopic (exact) mass is 286 g/mol. The molecule has 21 heavy (non-hydrogen) atoms. The first kappa shape index (κ1) is 14.3. The lowest BCUT2D eigenvalue weighted by Crippen LogP contribution is -2.05. The van der Waals surface area contributed by atoms with E-state index in [4.69, 9.17) is 15.7 Å². The number of nitrogens with two attached hydrogens (primary N) is 1. The van der Waals surface area contributed by atoms with Gasteiger partial charge in [0.05, 0.1) is 24.3 Å². The molecule has 2 aromatic carbocycles. The van der Waals surface area contributed by atoms with Gasteiger partial charge in [0.25, 0.3) is 0 Å². The highest BCUT2D eigenvalue weighted by molar-refractivity contribution is 5.95. The third-order valence-electron chi connectivity index (χ3n) is 2.72. The van der Waals surface area contributed by atoms with Crippen molar-refractivity contribution in [1.82, 2.24) is 0 Å². The molecule has 0 saturated carbocycles. The maximum absolute atomic E-state index is 13.7. The van der Waals surface area contributed by atoms with Crippen LogP contribution in [0.2, 0.25) is 0 Å². The van der Waals surface area contributed by atoms with E-state index in [9.17, 15) is 9.18 Å². The highest BCUT2D eigenvalue weighted by Crippen LogP contribution is 2.28. The summed E-state index contributed by atoms with van der Waals surface area (Å²) < 4.78 is 23.7. The van der Waals surface area contributed by atoms with E-state index in [2.05, 4.69) is 4.74 Å². The minimum atomic E-state index is -0.675. The Hall–Kier alpha value is -3.07. The van der Waals surface area contributed by atoms with Crippen molar-refractivity contribution in [3.8, 4) is 17.6 Å². The zero-order chi connectivity index (χ0) is 15.4. The Morgan fingerprint density at radius 2 is 2.05 bits per heavy atom. The van der Waals surface area contributed by atoms with Crippen LogP contribution < -0.4 is 10.5 Å². The molecule has 0 aliphatic rings. The smallest absolute Gasteiger partial charge is 0.340 e. The van der Waals surface area contributed by atoms with Gasteiger partial charge in [-0.3, -0.25) is 0 Å². The highest BCUT2D eigenvalue weighted by Gasteiger charge is 2.13. The predicted octanol–water partition coefficient (Wildman–Crippen LogP) is 2.86. The Balaban J connectivity index is 2.32. The second-order valence-electron chi connectivity index (χ2n) is 4.10. The van der Waals surface area contributed by atoms with E-state index in [-0.39, 0.29) is 28.3 Å². The molecule has 106 valence electrons. The molecule has 0 radical (unpaired) electrons. The second-order valence-corrected chi connectivity index (χ2v) is 4.10. The van der Waals surface area contributed by atoms with Gasteiger partial charge in [0.15, 0.2) is 11.6 Å². The molecule has 0 aliphatic heterocycles. The number of anilines is 1. The zero-order valence-electron chi connectivity index (χ0n) is 11.1. The number of hydrogen-bond acceptors (Lipinski definition) is 5. The molecule has 2 N–H and O–H groups in total. The van der Waals surface area contributed by atoms with E-state index < -0.39 is 11.8 Å². The zero-order valence-corrected chi connectivity index (χ0v) is 11.1. The van der Waals surface area contributed by atoms with Crippen LogP contribution in [0.25, 0.3) is 0 Å². The fourth-order valence-electron chi connectivity index (χ4n) is 1.67. The van der Waals surface area contributed by atoms with Crippen LogP contribution in [-0.4, -0.2) is 13.1 Å². The summed E-state index contributed by atoms with van der Waals surface area (Å²) in [6.07, 6.45) is 0. The molecule has 0 bridgehead atoms. The maximum atomic E-state index is 13.7. The minimum absolute atomic E-state index is 0.0606. The number of nitrogens with zero attached hydrogens (tertiary/aromatic N) is 1. The average Bonchev–Trinajstić information content (AvgIpc) is 2.50. The molecule has 0 heterocycles. The first-order valence-corrected chi connectivity index (χ1v) is 5.90. The number of benzene rings is 2. The van der Waals surface area contributed by atoms with Gasteiger partial charge < -0.3 is 15.2 Å². The third-order valence-corrected chi connectivity index (χ3v) is 2.72. The summed E-state index contributed by atoms with van der Waals surface area (Å²) in [5, 5.41) is 8.68. The molecular weight excluding hydrogens is 275 g/mol. The van der Waals surface area contributed by atoms with Gasteiger partial charge in [-0.15, -0.1) is 0 Å². The molecule has 0 aliphatic carbocycles. The van der Waals surface area contributed by atoms with Crippen LogP contribution in [0.15, 0.2) is 36.4 Å². The van der Waals surface area contributed by atoms with E-state index in [1.165, 1.54) is 37.4 Å². The maximum Gasteiger partial charge on any atom is 0.340 e. The summed E-state index contributed by atoms with van der Waals surface area (Å²) in [7, 11) is 1.23. The van der Waals surface area contributed by atoms with E-state index in [1.807, 2.05) is 6.07 Å². The van der Waals surface area contributed by atoms with Crippen LogP contribution in [0.3, 0.4) is 0 Å². The van der Waals surface area contributed by atoms with Crippen molar-refractivity contribution in [1.29, 1.82) is 5.26 Å². The largest absolute Gasteiger partial charge is 0.465 e. The summed E-state index contributed by atoms with van der Waals surface area (Å²) in [6.45, 7) is 0. The van der Waals surface area contributed by atoms with E-state index in [1.54, 1.807) is 0 Å². The summed E-state index contributed by atoms with van der Waals surface area (Å²) >= 11 is 0. The molecule has 5 nitrogen and oxygen atoms in total. The lowest BCUT2D eigenvalue weighted by atomic mass is 10.1. The lowest BCUT2D eigenvalue weighted by Gasteiger charge is -2.09. The van der Waals surface area contributed by atoms with E-state index in [0.717, 1.165) is 6.07 Å². The molecule has 0 unspecified atom stereocenters. The quantitative estimate of drug-likeness (QED) is 0.692. The van der Waals surface area contributed by atoms with Crippen LogP contribution in [0.4, 0.5) is 10.1 Å². The van der Waals surface area contributed by atoms with Crippen molar-refractivity contribution < 1.29 is 18.7 Å². The van der Waals surface area contributed by atoms with Crippen molar-refractivity contribution in [3.63, 3.8) is 0 Å². The Bertz CT molecular complexity index is 738. The Kier molecular flexibility index (Phi) is 4.05. The number of carbonyl (C=O) groups excluding carboxylic acids is 1. The molecule has 0 fully saturated rings. The van der Waals surface area contributed by atoms with Crippen molar-refractivity contribution >= 4 is 11.7 Å². The number of esters is 1. The number of rotatable bonds is 3. The number of nitrogen functional groups attached to an aromatic ring is 1. The van der Waals surface area contributed by atoms with Crippen LogP contribution in [0, 0.1) is 17.1 Å². The fraction of sp³-hybridized carbons (Fsp3) is 0.0667. The van der Waals surface area contributed by atoms with Gasteiger partial charge in [0, 0.05) is 5.69 Å². The SMILES string of the molecule is COC(=O)c1cc(Oc2ccc(C#N)cc2F)ccc1N. The van der Waals surface area contributed by atoms with Gasteiger partial charge in [0.1, 0.15) is 5.75 Å². The molecule has 2 aromatic rings. The van der Waals surface area contributed by atoms with Gasteiger partial charge in [-0.05, 0) is 36.4 Å². The Morgan fingerprint density at radius 3 is 2.67 bits per heavy atom. The molecule has 0 aromatic heterocycles. The van der Waals surface area contributed by atoms with Crippen LogP contribution in [0.1, 0.15) is 15.9 Å². The summed E-state index contributed by atoms with van der Waals surface area (Å²) in [6, 6.07) is 9.97. The normalized spacial score (nSPS) is 9.76. The van der Waals surface area contributed by atoms with Crippen molar-refractivity contribution in [2.45, 2.75) is 0 Å². The number of carbonyl (C=O) groups is 1. The molecule has 0 atom stereocenters. The Morgan fingerprint density at radius 1 is 1.29 bits per heavy atom. The average molecular weight is 286 g/mol. The van der Waals surface area contributed by atoms with Crippen LogP contribution in [-0.2, 0) is 4.74 Å². The lowest BCUT2D eigenvalue weighted by molar-refractivity contribution is 0.0601. The van der Waals surface area contributed by atoms with E-state index in [0.29, 0.717) is 0 Å². The topological polar surface area (TPSA) is 85.3 Å². The van der Waals surface area contributed by atoms with Crippen molar-refractivity contribution in [3.05, 3.63) is 53.3 Å². The molecule has 0 spiro atoms. The van der Waals surface area contributed by atoms with Gasteiger partial charge >= 0.3 is 5.97 Å². The summed E-state index contributed by atoms with van der Waals surface area (Å²) in [4.78, 5) is 11.5. The number of hydrogen-bond donors (Lipinski definition) is 1. The van der Waals surface area contributed by atoms with Crippen molar-refractivity contribution in [2.75, 3.05) is 12.8 Å². The first-order chi connectivity index (χ1) is 10.0. The molecule has 2 rings (SSSR count). The van der Waals surface area contributed by atoms with Crippen LogP contribution >= 0.6 is 0 Å². The molecule has 6 heteroatoms. The third kappa shape index (κ3) is 3.09. The molecule has 0 saturated heterocycles. The summed E-state index contributed by atoms with van der Waals surface area (Å²) in [5.74, 6) is -1.12. The van der Waals surface area contributed by atoms with Crippen LogP contribution in [0.5, 0.6) is 11.5 Å². The fourth-order valence-corrected chi connectivity index (χ4v) is 1.67. The van der Waals surface area contributed by atoms with E-state index >= 15 is 0 Å². The minimum Gasteiger partial charge on any atom is -0.465 e. The number of nitriles is 1. The predicted molar refractivity (Wildman–Crippen MR) is 73.4 cm³/mol. The highest BCUT2D eigenvalue weighted by atomic mass is 19.1. The standard InChI is InChI=1S/C15H11FN2O3/c1-20-15(19)11-7-10(3-4-13(11)18)21-14-5-2-9(8-17)6-12(14)16/h2-7H,18H2,1H3. The molecule has 0 amide bonds. The first-order valence-electron chi connectivity index (χ1n) is 5.90. The number of methoxy groups -OCH3 is 1. The van der Waals surface area contributed by atoms with Gasteiger partial charge in [-0.25, -0.2) is 9.18 Å². The second kappa shape index (κ2) is 5.92. The number of halogens is 1. The van der Waals surface area contributed by atoms with Gasteiger partial charge in [0.2, 0.25) is 0 Å². The van der Waals surface area contributed by atoms with Gasteiger partial charge in [-0.2, -0.15) is 5.26 Å².